The second-order valence-corrected chi connectivity index (χ2v) is 5.63. The molecule has 1 fully saturated rings. The minimum absolute atomic E-state index is 0.768. The average Bonchev–Trinajstić information content (AvgIpc) is 2.66. The van der Waals surface area contributed by atoms with Gasteiger partial charge in [-0.3, -0.25) is 0 Å². The smallest absolute Gasteiger partial charge is 0.0958 e. The molecule has 1 saturated carbocycles. The zero-order valence-corrected chi connectivity index (χ0v) is 9.94. The highest BCUT2D eigenvalue weighted by Crippen LogP contribution is 2.37. The molecule has 1 nitrogen and oxygen atoms in total. The van der Waals surface area contributed by atoms with Crippen LogP contribution in [0.3, 0.4) is 0 Å². The fourth-order valence-corrected chi connectivity index (χ4v) is 3.34. The minimum Gasteiger partial charge on any atom is -0.249 e. The normalized spacial score (nSPS) is 27.9. The number of hydrogen-bond donors (Lipinski definition) is 0. The van der Waals surface area contributed by atoms with E-state index in [1.165, 1.54) is 35.6 Å². The van der Waals surface area contributed by atoms with Crippen molar-refractivity contribution >= 4 is 11.3 Å². The predicted octanol–water partition coefficient (Wildman–Crippen LogP) is 4.00. The Morgan fingerprint density at radius 2 is 2.36 bits per heavy atom. The molecule has 0 spiro atoms. The number of thiazole rings is 1. The Kier molecular flexibility index (Phi) is 3.22. The first kappa shape index (κ1) is 10.2. The third-order valence-electron chi connectivity index (χ3n) is 3.21. The number of hydrogen-bond acceptors (Lipinski definition) is 2. The SMILES string of the molecule is CCc1cnc(C2CCCC(C)C2)s1. The fraction of sp³-hybridized carbons (Fsp3) is 0.750. The van der Waals surface area contributed by atoms with Crippen molar-refractivity contribution in [2.24, 2.45) is 5.92 Å². The van der Waals surface area contributed by atoms with Crippen LogP contribution in [-0.4, -0.2) is 4.98 Å². The quantitative estimate of drug-likeness (QED) is 0.717. The molecule has 0 aromatic carbocycles. The van der Waals surface area contributed by atoms with Crippen LogP contribution in [0.15, 0.2) is 6.20 Å². The second kappa shape index (κ2) is 4.43. The molecule has 1 aromatic heterocycles. The molecule has 1 heterocycles. The molecule has 0 aliphatic heterocycles. The summed E-state index contributed by atoms with van der Waals surface area (Å²) in [5, 5.41) is 1.40. The van der Waals surface area contributed by atoms with Gasteiger partial charge in [-0.05, 0) is 25.2 Å². The maximum absolute atomic E-state index is 4.56. The second-order valence-electron chi connectivity index (χ2n) is 4.49. The summed E-state index contributed by atoms with van der Waals surface area (Å²) >= 11 is 1.93. The summed E-state index contributed by atoms with van der Waals surface area (Å²) in [6, 6.07) is 0. The first-order valence-electron chi connectivity index (χ1n) is 5.74. The number of rotatable bonds is 2. The third kappa shape index (κ3) is 2.17. The highest BCUT2D eigenvalue weighted by atomic mass is 32.1. The van der Waals surface area contributed by atoms with Gasteiger partial charge in [0, 0.05) is 17.0 Å². The Bertz CT molecular complexity index is 292. The molecule has 1 aliphatic rings. The Morgan fingerprint density at radius 1 is 1.50 bits per heavy atom. The van der Waals surface area contributed by atoms with E-state index in [0.29, 0.717) is 0 Å². The molecule has 2 heteroatoms. The Balaban J connectivity index is 2.06. The van der Waals surface area contributed by atoms with Crippen molar-refractivity contribution in [2.75, 3.05) is 0 Å². The first-order chi connectivity index (χ1) is 6.79. The molecule has 2 unspecified atom stereocenters. The van der Waals surface area contributed by atoms with E-state index < -0.39 is 0 Å². The van der Waals surface area contributed by atoms with E-state index in [1.54, 1.807) is 0 Å². The molecule has 78 valence electrons. The van der Waals surface area contributed by atoms with Crippen molar-refractivity contribution in [3.63, 3.8) is 0 Å². The van der Waals surface area contributed by atoms with E-state index in [0.717, 1.165) is 18.3 Å². The molecular weight excluding hydrogens is 190 g/mol. The maximum atomic E-state index is 4.56. The van der Waals surface area contributed by atoms with Gasteiger partial charge in [0.2, 0.25) is 0 Å². The van der Waals surface area contributed by atoms with Gasteiger partial charge in [0.1, 0.15) is 0 Å². The molecule has 14 heavy (non-hydrogen) atoms. The highest BCUT2D eigenvalue weighted by molar-refractivity contribution is 7.11. The van der Waals surface area contributed by atoms with Gasteiger partial charge >= 0.3 is 0 Å². The lowest BCUT2D eigenvalue weighted by Crippen LogP contribution is -2.11. The van der Waals surface area contributed by atoms with E-state index in [1.807, 2.05) is 11.3 Å². The van der Waals surface area contributed by atoms with E-state index in [9.17, 15) is 0 Å². The third-order valence-corrected chi connectivity index (χ3v) is 4.51. The van der Waals surface area contributed by atoms with Gasteiger partial charge in [0.25, 0.3) is 0 Å². The summed E-state index contributed by atoms with van der Waals surface area (Å²) in [7, 11) is 0. The van der Waals surface area contributed by atoms with Crippen molar-refractivity contribution in [3.8, 4) is 0 Å². The zero-order chi connectivity index (χ0) is 9.97. The lowest BCUT2D eigenvalue weighted by Gasteiger charge is -2.24. The van der Waals surface area contributed by atoms with Crippen LogP contribution in [0, 0.1) is 5.92 Å². The maximum Gasteiger partial charge on any atom is 0.0958 e. The monoisotopic (exact) mass is 209 g/mol. The summed E-state index contributed by atoms with van der Waals surface area (Å²) in [6.45, 7) is 4.58. The highest BCUT2D eigenvalue weighted by Gasteiger charge is 2.22. The molecule has 2 atom stereocenters. The van der Waals surface area contributed by atoms with Crippen molar-refractivity contribution in [3.05, 3.63) is 16.1 Å². The van der Waals surface area contributed by atoms with E-state index in [2.05, 4.69) is 25.0 Å². The van der Waals surface area contributed by atoms with Crippen LogP contribution in [0.1, 0.15) is 55.3 Å². The van der Waals surface area contributed by atoms with Crippen LogP contribution >= 0.6 is 11.3 Å². The molecule has 1 aliphatic carbocycles. The topological polar surface area (TPSA) is 12.9 Å². The van der Waals surface area contributed by atoms with Crippen molar-refractivity contribution in [1.29, 1.82) is 0 Å². The molecule has 2 rings (SSSR count). The van der Waals surface area contributed by atoms with E-state index >= 15 is 0 Å². The molecule has 0 amide bonds. The molecule has 0 N–H and O–H groups in total. The summed E-state index contributed by atoms with van der Waals surface area (Å²) in [4.78, 5) is 6.01. The van der Waals surface area contributed by atoms with Crippen LogP contribution in [0.25, 0.3) is 0 Å². The van der Waals surface area contributed by atoms with Gasteiger partial charge in [0.15, 0.2) is 0 Å². The first-order valence-corrected chi connectivity index (χ1v) is 6.55. The standard InChI is InChI=1S/C12H19NS/c1-3-11-8-13-12(14-11)10-6-4-5-9(2)7-10/h8-10H,3-7H2,1-2H3. The summed E-state index contributed by atoms with van der Waals surface area (Å²) in [5.41, 5.74) is 0. The molecule has 1 aromatic rings. The van der Waals surface area contributed by atoms with Crippen LogP contribution in [0.4, 0.5) is 0 Å². The zero-order valence-electron chi connectivity index (χ0n) is 9.12. The van der Waals surface area contributed by atoms with Crippen LogP contribution in [0.5, 0.6) is 0 Å². The molecule has 0 bridgehead atoms. The fourth-order valence-electron chi connectivity index (χ4n) is 2.33. The van der Waals surface area contributed by atoms with Gasteiger partial charge in [-0.2, -0.15) is 0 Å². The summed E-state index contributed by atoms with van der Waals surface area (Å²) in [6.07, 6.45) is 8.74. The van der Waals surface area contributed by atoms with Crippen LogP contribution in [-0.2, 0) is 6.42 Å². The molecular formula is C12H19NS. The van der Waals surface area contributed by atoms with Gasteiger partial charge in [0.05, 0.1) is 5.01 Å². The lowest BCUT2D eigenvalue weighted by molar-refractivity contribution is 0.343. The van der Waals surface area contributed by atoms with Crippen LogP contribution in [0.2, 0.25) is 0 Å². The lowest BCUT2D eigenvalue weighted by atomic mass is 9.83. The van der Waals surface area contributed by atoms with Crippen molar-refractivity contribution in [2.45, 2.75) is 51.9 Å². The minimum atomic E-state index is 0.768. The van der Waals surface area contributed by atoms with E-state index in [-0.39, 0.29) is 0 Å². The average molecular weight is 209 g/mol. The largest absolute Gasteiger partial charge is 0.249 e. The Labute approximate surface area is 90.6 Å². The molecule has 0 saturated heterocycles. The van der Waals surface area contributed by atoms with Gasteiger partial charge in [-0.25, -0.2) is 4.98 Å². The van der Waals surface area contributed by atoms with Crippen molar-refractivity contribution < 1.29 is 0 Å². The number of aryl methyl sites for hydroxylation is 1. The number of aromatic nitrogens is 1. The summed E-state index contributed by atoms with van der Waals surface area (Å²) in [5.74, 6) is 1.67. The summed E-state index contributed by atoms with van der Waals surface area (Å²) < 4.78 is 0. The van der Waals surface area contributed by atoms with Crippen LogP contribution < -0.4 is 0 Å². The van der Waals surface area contributed by atoms with Gasteiger partial charge in [-0.1, -0.05) is 26.7 Å². The van der Waals surface area contributed by atoms with Crippen molar-refractivity contribution in [1.82, 2.24) is 4.98 Å². The number of nitrogens with zero attached hydrogens (tertiary/aromatic N) is 1. The van der Waals surface area contributed by atoms with E-state index in [4.69, 9.17) is 0 Å². The Morgan fingerprint density at radius 3 is 3.00 bits per heavy atom. The van der Waals surface area contributed by atoms with Gasteiger partial charge in [-0.15, -0.1) is 11.3 Å². The Hall–Kier alpha value is -0.370. The van der Waals surface area contributed by atoms with Gasteiger partial charge < -0.3 is 0 Å². The predicted molar refractivity (Wildman–Crippen MR) is 61.9 cm³/mol. The molecule has 0 radical (unpaired) electrons.